The van der Waals surface area contributed by atoms with Gasteiger partial charge in [-0.3, -0.25) is 9.89 Å². The van der Waals surface area contributed by atoms with E-state index in [-0.39, 0.29) is 18.0 Å². The Labute approximate surface area is 148 Å². The van der Waals surface area contributed by atoms with E-state index in [0.717, 1.165) is 11.0 Å². The van der Waals surface area contributed by atoms with Crippen molar-refractivity contribution >= 4 is 16.8 Å². The van der Waals surface area contributed by atoms with E-state index >= 15 is 0 Å². The number of nitrogens with zero attached hydrogens (tertiary/aromatic N) is 2. The number of aromatic nitrogens is 4. The fourth-order valence-electron chi connectivity index (χ4n) is 2.88. The SMILES string of the molecule is COc1cc(F)ccc1C(=O)Cc1cn[nH]c1-c1nc2ccccc2[nH]1. The summed E-state index contributed by atoms with van der Waals surface area (Å²) in [5, 5.41) is 6.93. The van der Waals surface area contributed by atoms with Gasteiger partial charge in [-0.2, -0.15) is 5.10 Å². The predicted octanol–water partition coefficient (Wildman–Crippen LogP) is 3.53. The third-order valence-electron chi connectivity index (χ3n) is 4.16. The van der Waals surface area contributed by atoms with Crippen LogP contribution in [0.1, 0.15) is 15.9 Å². The van der Waals surface area contributed by atoms with Gasteiger partial charge in [0.2, 0.25) is 0 Å². The molecule has 6 nitrogen and oxygen atoms in total. The summed E-state index contributed by atoms with van der Waals surface area (Å²) in [5.74, 6) is 0.173. The monoisotopic (exact) mass is 350 g/mol. The first kappa shape index (κ1) is 16.0. The van der Waals surface area contributed by atoms with E-state index in [1.807, 2.05) is 24.3 Å². The number of nitrogens with one attached hydrogen (secondary N) is 2. The standard InChI is InChI=1S/C19H15FN4O2/c1-26-17-9-12(20)6-7-13(17)16(25)8-11-10-21-24-18(11)19-22-14-4-2-3-5-15(14)23-19/h2-7,9-10H,8H2,1H3,(H,21,24)(H,22,23). The average molecular weight is 350 g/mol. The second kappa shape index (κ2) is 6.44. The molecule has 4 aromatic rings. The van der Waals surface area contributed by atoms with Gasteiger partial charge in [0, 0.05) is 18.1 Å². The van der Waals surface area contributed by atoms with Crippen LogP contribution in [0.2, 0.25) is 0 Å². The third-order valence-corrected chi connectivity index (χ3v) is 4.16. The molecular formula is C19H15FN4O2. The second-order valence-electron chi connectivity index (χ2n) is 5.82. The van der Waals surface area contributed by atoms with E-state index in [9.17, 15) is 9.18 Å². The highest BCUT2D eigenvalue weighted by atomic mass is 19.1. The Morgan fingerprint density at radius 2 is 2.08 bits per heavy atom. The fourth-order valence-corrected chi connectivity index (χ4v) is 2.88. The van der Waals surface area contributed by atoms with Crippen molar-refractivity contribution in [3.8, 4) is 17.3 Å². The Kier molecular flexibility index (Phi) is 3.96. The lowest BCUT2D eigenvalue weighted by atomic mass is 10.0. The molecule has 0 aliphatic carbocycles. The Bertz CT molecular complexity index is 1070. The summed E-state index contributed by atoms with van der Waals surface area (Å²) < 4.78 is 18.5. The van der Waals surface area contributed by atoms with Gasteiger partial charge in [0.05, 0.1) is 29.9 Å². The first-order chi connectivity index (χ1) is 12.7. The fraction of sp³-hybridized carbons (Fsp3) is 0.105. The minimum absolute atomic E-state index is 0.0882. The number of para-hydroxylation sites is 2. The zero-order chi connectivity index (χ0) is 18.1. The molecule has 26 heavy (non-hydrogen) atoms. The summed E-state index contributed by atoms with van der Waals surface area (Å²) in [4.78, 5) is 20.4. The number of ketones is 1. The molecule has 0 radical (unpaired) electrons. The van der Waals surface area contributed by atoms with E-state index in [2.05, 4.69) is 20.2 Å². The van der Waals surface area contributed by atoms with Gasteiger partial charge >= 0.3 is 0 Å². The van der Waals surface area contributed by atoms with Gasteiger partial charge in [0.1, 0.15) is 17.3 Å². The number of hydrogen-bond donors (Lipinski definition) is 2. The van der Waals surface area contributed by atoms with Crippen LogP contribution in [0.4, 0.5) is 4.39 Å². The molecule has 0 spiro atoms. The van der Waals surface area contributed by atoms with Gasteiger partial charge in [-0.25, -0.2) is 9.37 Å². The van der Waals surface area contributed by atoms with E-state index in [0.29, 0.717) is 22.6 Å². The molecule has 0 saturated heterocycles. The Morgan fingerprint density at radius 1 is 1.23 bits per heavy atom. The summed E-state index contributed by atoms with van der Waals surface area (Å²) in [6, 6.07) is 11.5. The topological polar surface area (TPSA) is 83.7 Å². The van der Waals surface area contributed by atoms with Crippen LogP contribution in [-0.2, 0) is 6.42 Å². The highest BCUT2D eigenvalue weighted by molar-refractivity contribution is 6.00. The molecule has 4 rings (SSSR count). The summed E-state index contributed by atoms with van der Waals surface area (Å²) in [5.41, 5.74) is 3.39. The van der Waals surface area contributed by atoms with Crippen LogP contribution in [0.25, 0.3) is 22.6 Å². The molecule has 2 heterocycles. The normalized spacial score (nSPS) is 11.0. The third kappa shape index (κ3) is 2.83. The van der Waals surface area contributed by atoms with Gasteiger partial charge in [-0.1, -0.05) is 12.1 Å². The van der Waals surface area contributed by atoms with Gasteiger partial charge in [-0.15, -0.1) is 0 Å². The number of halogens is 1. The smallest absolute Gasteiger partial charge is 0.171 e. The van der Waals surface area contributed by atoms with Crippen molar-refractivity contribution in [2.45, 2.75) is 6.42 Å². The number of Topliss-reactive ketones (excluding diaryl/α,β-unsaturated/α-hetero) is 1. The highest BCUT2D eigenvalue weighted by Crippen LogP contribution is 2.25. The van der Waals surface area contributed by atoms with Crippen molar-refractivity contribution in [1.82, 2.24) is 20.2 Å². The summed E-state index contributed by atoms with van der Waals surface area (Å²) in [6.07, 6.45) is 1.68. The molecule has 0 amide bonds. The number of aromatic amines is 2. The average Bonchev–Trinajstić information content (AvgIpc) is 3.27. The molecule has 0 atom stereocenters. The Balaban J connectivity index is 1.66. The minimum atomic E-state index is -0.454. The number of rotatable bonds is 5. The number of carbonyl (C=O) groups excluding carboxylic acids is 1. The first-order valence-corrected chi connectivity index (χ1v) is 8.00. The maximum Gasteiger partial charge on any atom is 0.171 e. The lowest BCUT2D eigenvalue weighted by Gasteiger charge is -2.07. The maximum absolute atomic E-state index is 13.3. The number of methoxy groups -OCH3 is 1. The molecule has 2 aromatic heterocycles. The molecule has 0 aliphatic rings. The van der Waals surface area contributed by atoms with Crippen LogP contribution in [0.5, 0.6) is 5.75 Å². The van der Waals surface area contributed by atoms with Crippen LogP contribution in [0.3, 0.4) is 0 Å². The second-order valence-corrected chi connectivity index (χ2v) is 5.82. The van der Waals surface area contributed by atoms with Gasteiger partial charge in [0.15, 0.2) is 11.6 Å². The highest BCUT2D eigenvalue weighted by Gasteiger charge is 2.18. The van der Waals surface area contributed by atoms with Crippen molar-refractivity contribution < 1.29 is 13.9 Å². The summed E-state index contributed by atoms with van der Waals surface area (Å²) >= 11 is 0. The summed E-state index contributed by atoms with van der Waals surface area (Å²) in [6.45, 7) is 0. The molecule has 0 saturated carbocycles. The first-order valence-electron chi connectivity index (χ1n) is 8.00. The predicted molar refractivity (Wildman–Crippen MR) is 94.7 cm³/mol. The number of imidazole rings is 1. The van der Waals surface area contributed by atoms with Crippen molar-refractivity contribution in [3.05, 3.63) is 65.6 Å². The molecule has 2 aromatic carbocycles. The summed E-state index contributed by atoms with van der Waals surface area (Å²) in [7, 11) is 1.41. The van der Waals surface area contributed by atoms with E-state index in [1.54, 1.807) is 6.20 Å². The molecule has 0 aliphatic heterocycles. The van der Waals surface area contributed by atoms with Crippen LogP contribution < -0.4 is 4.74 Å². The zero-order valence-electron chi connectivity index (χ0n) is 13.9. The van der Waals surface area contributed by atoms with Crippen LogP contribution in [0.15, 0.2) is 48.7 Å². The maximum atomic E-state index is 13.3. The number of benzene rings is 2. The van der Waals surface area contributed by atoms with Gasteiger partial charge in [0.25, 0.3) is 0 Å². The number of carbonyl (C=O) groups is 1. The van der Waals surface area contributed by atoms with Crippen LogP contribution in [-0.4, -0.2) is 33.1 Å². The van der Waals surface area contributed by atoms with Crippen molar-refractivity contribution in [1.29, 1.82) is 0 Å². The Hall–Kier alpha value is -3.48. The van der Waals surface area contributed by atoms with Crippen molar-refractivity contribution in [3.63, 3.8) is 0 Å². The molecule has 7 heteroatoms. The minimum Gasteiger partial charge on any atom is -0.496 e. The van der Waals surface area contributed by atoms with Gasteiger partial charge in [-0.05, 0) is 24.3 Å². The van der Waals surface area contributed by atoms with Crippen LogP contribution in [0, 0.1) is 5.82 Å². The molecular weight excluding hydrogens is 335 g/mol. The lowest BCUT2D eigenvalue weighted by Crippen LogP contribution is -2.06. The van der Waals surface area contributed by atoms with Crippen LogP contribution >= 0.6 is 0 Å². The van der Waals surface area contributed by atoms with E-state index < -0.39 is 5.82 Å². The molecule has 0 fully saturated rings. The van der Waals surface area contributed by atoms with Crippen molar-refractivity contribution in [2.24, 2.45) is 0 Å². The molecule has 0 unspecified atom stereocenters. The van der Waals surface area contributed by atoms with Gasteiger partial charge < -0.3 is 9.72 Å². The zero-order valence-corrected chi connectivity index (χ0v) is 13.9. The molecule has 0 bridgehead atoms. The largest absolute Gasteiger partial charge is 0.496 e. The van der Waals surface area contributed by atoms with E-state index in [1.165, 1.54) is 25.3 Å². The lowest BCUT2D eigenvalue weighted by molar-refractivity contribution is 0.0990. The quantitative estimate of drug-likeness (QED) is 0.539. The molecule has 130 valence electrons. The number of fused-ring (bicyclic) bond motifs is 1. The van der Waals surface area contributed by atoms with Crippen molar-refractivity contribution in [2.75, 3.05) is 7.11 Å². The number of hydrogen-bond acceptors (Lipinski definition) is 4. The number of ether oxygens (including phenoxy) is 1. The Morgan fingerprint density at radius 3 is 2.88 bits per heavy atom. The number of H-pyrrole nitrogens is 2. The van der Waals surface area contributed by atoms with E-state index in [4.69, 9.17) is 4.74 Å². The molecule has 2 N–H and O–H groups in total.